The van der Waals surface area contributed by atoms with Gasteiger partial charge in [0.15, 0.2) is 0 Å². The molecule has 0 aromatic heterocycles. The van der Waals surface area contributed by atoms with Crippen molar-refractivity contribution in [3.8, 4) is 0 Å². The van der Waals surface area contributed by atoms with Crippen molar-refractivity contribution in [3.63, 3.8) is 0 Å². The first kappa shape index (κ1) is 27.4. The molecule has 0 aromatic rings. The summed E-state index contributed by atoms with van der Waals surface area (Å²) < 4.78 is 0. The number of carbonyl (C=O) groups is 1. The molecule has 0 rings (SSSR count). The molecular weight excluding hydrogens is 344 g/mol. The summed E-state index contributed by atoms with van der Waals surface area (Å²) in [4.78, 5) is 11.5. The van der Waals surface area contributed by atoms with Crippen LogP contribution in [0.15, 0.2) is 0 Å². The van der Waals surface area contributed by atoms with Crippen LogP contribution < -0.4 is 11.1 Å². The Hall–Kier alpha value is -0.570. The Morgan fingerprint density at radius 2 is 0.929 bits per heavy atom. The second kappa shape index (κ2) is 24.5. The molecule has 0 bridgehead atoms. The first-order valence-electron chi connectivity index (χ1n) is 12.8. The monoisotopic (exact) mass is 396 g/mol. The minimum atomic E-state index is 0.195. The molecule has 0 fully saturated rings. The van der Waals surface area contributed by atoms with Crippen LogP contribution in [0, 0.1) is 0 Å². The Balaban J connectivity index is 3.06. The lowest BCUT2D eigenvalue weighted by molar-refractivity contribution is -0.121. The topological polar surface area (TPSA) is 55.1 Å². The molecule has 0 aliphatic rings. The molecule has 0 heterocycles. The predicted octanol–water partition coefficient (Wildman–Crippen LogP) is 7.27. The van der Waals surface area contributed by atoms with Gasteiger partial charge in [-0.25, -0.2) is 0 Å². The number of amides is 1. The van der Waals surface area contributed by atoms with Gasteiger partial charge in [0.25, 0.3) is 0 Å². The first-order valence-corrected chi connectivity index (χ1v) is 12.8. The van der Waals surface area contributed by atoms with Crippen LogP contribution in [0.2, 0.25) is 0 Å². The Labute approximate surface area is 177 Å². The van der Waals surface area contributed by atoms with E-state index in [2.05, 4.69) is 12.2 Å². The Bertz CT molecular complexity index is 307. The van der Waals surface area contributed by atoms with Crippen molar-refractivity contribution in [2.24, 2.45) is 5.73 Å². The van der Waals surface area contributed by atoms with E-state index < -0.39 is 0 Å². The molecule has 0 spiro atoms. The van der Waals surface area contributed by atoms with Crippen LogP contribution in [0.5, 0.6) is 0 Å². The third-order valence-corrected chi connectivity index (χ3v) is 5.71. The van der Waals surface area contributed by atoms with Crippen molar-refractivity contribution in [3.05, 3.63) is 0 Å². The molecule has 0 radical (unpaired) electrons. The van der Waals surface area contributed by atoms with Gasteiger partial charge in [0.1, 0.15) is 0 Å². The fraction of sp³-hybridized carbons (Fsp3) is 0.960. The van der Waals surface area contributed by atoms with Crippen LogP contribution >= 0.6 is 0 Å². The molecule has 3 N–H and O–H groups in total. The van der Waals surface area contributed by atoms with Crippen LogP contribution in [0.25, 0.3) is 0 Å². The van der Waals surface area contributed by atoms with E-state index in [1.54, 1.807) is 0 Å². The zero-order valence-electron chi connectivity index (χ0n) is 19.2. The Morgan fingerprint density at radius 1 is 0.571 bits per heavy atom. The third-order valence-electron chi connectivity index (χ3n) is 5.71. The first-order chi connectivity index (χ1) is 13.8. The zero-order valence-corrected chi connectivity index (χ0v) is 19.2. The summed E-state index contributed by atoms with van der Waals surface area (Å²) in [5.74, 6) is 0.195. The maximum atomic E-state index is 11.5. The van der Waals surface area contributed by atoms with Crippen LogP contribution in [-0.4, -0.2) is 19.0 Å². The van der Waals surface area contributed by atoms with Crippen molar-refractivity contribution >= 4 is 5.91 Å². The summed E-state index contributed by atoms with van der Waals surface area (Å²) in [6.07, 6.45) is 27.9. The lowest BCUT2D eigenvalue weighted by Gasteiger charge is -2.05. The summed E-state index contributed by atoms with van der Waals surface area (Å²) in [6.45, 7) is 3.67. The van der Waals surface area contributed by atoms with Gasteiger partial charge in [-0.05, 0) is 19.4 Å². The van der Waals surface area contributed by atoms with Gasteiger partial charge in [-0.1, -0.05) is 122 Å². The van der Waals surface area contributed by atoms with Crippen molar-refractivity contribution in [2.45, 2.75) is 142 Å². The van der Waals surface area contributed by atoms with Gasteiger partial charge in [0, 0.05) is 13.0 Å². The maximum absolute atomic E-state index is 11.5. The highest BCUT2D eigenvalue weighted by atomic mass is 16.1. The van der Waals surface area contributed by atoms with Crippen molar-refractivity contribution < 1.29 is 4.79 Å². The molecule has 0 aliphatic carbocycles. The molecular formula is C25H52N2O. The van der Waals surface area contributed by atoms with Gasteiger partial charge in [-0.2, -0.15) is 0 Å². The molecule has 1 amide bonds. The van der Waals surface area contributed by atoms with Gasteiger partial charge in [0.05, 0.1) is 0 Å². The highest BCUT2D eigenvalue weighted by Gasteiger charge is 2.00. The highest BCUT2D eigenvalue weighted by molar-refractivity contribution is 5.75. The molecule has 0 unspecified atom stereocenters. The minimum absolute atomic E-state index is 0.195. The molecule has 28 heavy (non-hydrogen) atoms. The quantitative estimate of drug-likeness (QED) is 0.178. The minimum Gasteiger partial charge on any atom is -0.356 e. The van der Waals surface area contributed by atoms with E-state index in [9.17, 15) is 4.79 Å². The molecule has 3 nitrogen and oxygen atoms in total. The highest BCUT2D eigenvalue weighted by Crippen LogP contribution is 2.14. The number of rotatable bonds is 23. The predicted molar refractivity (Wildman–Crippen MR) is 125 cm³/mol. The number of unbranched alkanes of at least 4 members (excludes halogenated alkanes) is 18. The Morgan fingerprint density at radius 3 is 1.29 bits per heavy atom. The van der Waals surface area contributed by atoms with E-state index in [1.165, 1.54) is 116 Å². The van der Waals surface area contributed by atoms with Gasteiger partial charge >= 0.3 is 0 Å². The van der Waals surface area contributed by atoms with Crippen molar-refractivity contribution in [2.75, 3.05) is 13.1 Å². The van der Waals surface area contributed by atoms with Crippen molar-refractivity contribution in [1.82, 2.24) is 5.32 Å². The van der Waals surface area contributed by atoms with E-state index in [0.717, 1.165) is 19.4 Å². The SMILES string of the molecule is CCCCCCCCCCCCCCCCCCCCCC(=O)NCCCN. The average molecular weight is 397 g/mol. The molecule has 168 valence electrons. The summed E-state index contributed by atoms with van der Waals surface area (Å²) >= 11 is 0. The molecule has 3 heteroatoms. The molecule has 0 saturated heterocycles. The van der Waals surface area contributed by atoms with Crippen LogP contribution in [-0.2, 0) is 4.79 Å². The van der Waals surface area contributed by atoms with Crippen LogP contribution in [0.1, 0.15) is 142 Å². The Kier molecular flexibility index (Phi) is 24.0. The van der Waals surface area contributed by atoms with E-state index in [0.29, 0.717) is 13.0 Å². The maximum Gasteiger partial charge on any atom is 0.219 e. The number of nitrogens with one attached hydrogen (secondary N) is 1. The molecule has 0 atom stereocenters. The smallest absolute Gasteiger partial charge is 0.219 e. The zero-order chi connectivity index (χ0) is 20.5. The number of carbonyl (C=O) groups excluding carboxylic acids is 1. The van der Waals surface area contributed by atoms with E-state index in [1.807, 2.05) is 0 Å². The number of hydrogen-bond donors (Lipinski definition) is 2. The molecule has 0 saturated carbocycles. The fourth-order valence-corrected chi connectivity index (χ4v) is 3.78. The lowest BCUT2D eigenvalue weighted by Crippen LogP contribution is -2.25. The number of nitrogens with two attached hydrogens (primary N) is 1. The van der Waals surface area contributed by atoms with Gasteiger partial charge in [0.2, 0.25) is 5.91 Å². The van der Waals surface area contributed by atoms with Gasteiger partial charge in [-0.3, -0.25) is 4.79 Å². The van der Waals surface area contributed by atoms with E-state index >= 15 is 0 Å². The largest absolute Gasteiger partial charge is 0.356 e. The molecule has 0 aromatic carbocycles. The standard InChI is InChI=1S/C25H52N2O/c1-2-3-4-5-6-7-8-9-10-11-12-13-14-15-16-17-18-19-20-22-25(28)27-24-21-23-26/h2-24,26H2,1H3,(H,27,28). The summed E-state index contributed by atoms with van der Waals surface area (Å²) in [6, 6.07) is 0. The fourth-order valence-electron chi connectivity index (χ4n) is 3.78. The normalized spacial score (nSPS) is 11.1. The summed E-state index contributed by atoms with van der Waals surface area (Å²) in [5.41, 5.74) is 5.41. The van der Waals surface area contributed by atoms with E-state index in [4.69, 9.17) is 5.73 Å². The second-order valence-electron chi connectivity index (χ2n) is 8.61. The lowest BCUT2D eigenvalue weighted by atomic mass is 10.0. The van der Waals surface area contributed by atoms with E-state index in [-0.39, 0.29) is 5.91 Å². The summed E-state index contributed by atoms with van der Waals surface area (Å²) in [5, 5.41) is 2.92. The van der Waals surface area contributed by atoms with Crippen LogP contribution in [0.3, 0.4) is 0 Å². The molecule has 0 aliphatic heterocycles. The van der Waals surface area contributed by atoms with Gasteiger partial charge in [-0.15, -0.1) is 0 Å². The third kappa shape index (κ3) is 23.5. The number of hydrogen-bond acceptors (Lipinski definition) is 2. The van der Waals surface area contributed by atoms with Crippen LogP contribution in [0.4, 0.5) is 0 Å². The average Bonchev–Trinajstić information content (AvgIpc) is 2.70. The second-order valence-corrected chi connectivity index (χ2v) is 8.61. The van der Waals surface area contributed by atoms with Crippen molar-refractivity contribution in [1.29, 1.82) is 0 Å². The van der Waals surface area contributed by atoms with Gasteiger partial charge < -0.3 is 11.1 Å². The summed E-state index contributed by atoms with van der Waals surface area (Å²) in [7, 11) is 0.